The highest BCUT2D eigenvalue weighted by Crippen LogP contribution is 2.26. The van der Waals surface area contributed by atoms with E-state index in [1.807, 2.05) is 6.92 Å². The average molecular weight is 216 g/mol. The molecule has 0 heterocycles. The fourth-order valence-electron chi connectivity index (χ4n) is 1.97. The van der Waals surface area contributed by atoms with E-state index in [-0.39, 0.29) is 0 Å². The molecule has 0 bridgehead atoms. The maximum atomic E-state index is 13.4. The van der Waals surface area contributed by atoms with E-state index in [0.29, 0.717) is 36.0 Å². The molecule has 1 aromatic rings. The van der Waals surface area contributed by atoms with E-state index in [2.05, 4.69) is 0 Å². The molecular formula is C12H15F3. The number of hydrogen-bond donors (Lipinski definition) is 0. The van der Waals surface area contributed by atoms with Crippen LogP contribution in [0.3, 0.4) is 0 Å². The molecule has 0 saturated carbocycles. The Bertz CT molecular complexity index is 339. The summed E-state index contributed by atoms with van der Waals surface area (Å²) in [4.78, 5) is 0. The Kier molecular flexibility index (Phi) is 3.77. The SMILES string of the molecule is CCc1c(F)c(F)c(F)c(CC)c1CC. The lowest BCUT2D eigenvalue weighted by Crippen LogP contribution is -2.08. The van der Waals surface area contributed by atoms with E-state index < -0.39 is 17.5 Å². The standard InChI is InChI=1S/C12H15F3/c1-4-7-8(5-2)10(13)12(15)11(14)9(7)6-3/h4-6H2,1-3H3. The molecule has 15 heavy (non-hydrogen) atoms. The van der Waals surface area contributed by atoms with Crippen LogP contribution in [0, 0.1) is 17.5 Å². The first-order chi connectivity index (χ1) is 7.08. The highest BCUT2D eigenvalue weighted by molar-refractivity contribution is 5.38. The maximum Gasteiger partial charge on any atom is 0.194 e. The van der Waals surface area contributed by atoms with Gasteiger partial charge in [-0.3, -0.25) is 0 Å². The lowest BCUT2D eigenvalue weighted by molar-refractivity contribution is 0.433. The normalized spacial score (nSPS) is 10.8. The third kappa shape index (κ3) is 1.87. The zero-order valence-corrected chi connectivity index (χ0v) is 9.26. The molecule has 3 heteroatoms. The van der Waals surface area contributed by atoms with Crippen molar-refractivity contribution in [3.8, 4) is 0 Å². The van der Waals surface area contributed by atoms with E-state index >= 15 is 0 Å². The molecule has 0 nitrogen and oxygen atoms in total. The molecule has 0 fully saturated rings. The highest BCUT2D eigenvalue weighted by atomic mass is 19.2. The average Bonchev–Trinajstić information content (AvgIpc) is 2.25. The van der Waals surface area contributed by atoms with Gasteiger partial charge in [0.2, 0.25) is 0 Å². The molecule has 0 N–H and O–H groups in total. The van der Waals surface area contributed by atoms with Crippen molar-refractivity contribution < 1.29 is 13.2 Å². The molecule has 0 unspecified atom stereocenters. The van der Waals surface area contributed by atoms with Crippen molar-refractivity contribution in [1.82, 2.24) is 0 Å². The van der Waals surface area contributed by atoms with Crippen LogP contribution in [0.4, 0.5) is 13.2 Å². The summed E-state index contributed by atoms with van der Waals surface area (Å²) in [5.41, 5.74) is 1.25. The van der Waals surface area contributed by atoms with Gasteiger partial charge in [-0.15, -0.1) is 0 Å². The van der Waals surface area contributed by atoms with Gasteiger partial charge in [-0.2, -0.15) is 0 Å². The summed E-state index contributed by atoms with van der Waals surface area (Å²) in [7, 11) is 0. The predicted octanol–water partition coefficient (Wildman–Crippen LogP) is 3.79. The first kappa shape index (κ1) is 12.1. The summed E-state index contributed by atoms with van der Waals surface area (Å²) in [5, 5.41) is 0. The summed E-state index contributed by atoms with van der Waals surface area (Å²) in [6.07, 6.45) is 1.30. The Balaban J connectivity index is 3.59. The van der Waals surface area contributed by atoms with E-state index in [9.17, 15) is 13.2 Å². The summed E-state index contributed by atoms with van der Waals surface area (Å²) in [6.45, 7) is 5.31. The molecule has 0 aliphatic carbocycles. The largest absolute Gasteiger partial charge is 0.203 e. The minimum atomic E-state index is -1.33. The van der Waals surface area contributed by atoms with Gasteiger partial charge in [-0.25, -0.2) is 13.2 Å². The highest BCUT2D eigenvalue weighted by Gasteiger charge is 2.21. The minimum Gasteiger partial charge on any atom is -0.203 e. The molecule has 0 aromatic heterocycles. The summed E-state index contributed by atoms with van der Waals surface area (Å²) >= 11 is 0. The fourth-order valence-corrected chi connectivity index (χ4v) is 1.97. The van der Waals surface area contributed by atoms with Crippen LogP contribution in [0.25, 0.3) is 0 Å². The zero-order chi connectivity index (χ0) is 11.6. The molecule has 0 atom stereocenters. The zero-order valence-electron chi connectivity index (χ0n) is 9.26. The topological polar surface area (TPSA) is 0 Å². The van der Waals surface area contributed by atoms with Crippen molar-refractivity contribution in [3.05, 3.63) is 34.1 Å². The third-order valence-electron chi connectivity index (χ3n) is 2.70. The number of benzene rings is 1. The van der Waals surface area contributed by atoms with E-state index in [1.165, 1.54) is 0 Å². The first-order valence-corrected chi connectivity index (χ1v) is 5.25. The molecule has 0 saturated heterocycles. The molecule has 1 aromatic carbocycles. The molecule has 0 amide bonds. The monoisotopic (exact) mass is 216 g/mol. The van der Waals surface area contributed by atoms with Crippen LogP contribution in [0.5, 0.6) is 0 Å². The molecule has 0 radical (unpaired) electrons. The smallest absolute Gasteiger partial charge is 0.194 e. The van der Waals surface area contributed by atoms with Gasteiger partial charge in [0.1, 0.15) is 0 Å². The van der Waals surface area contributed by atoms with Gasteiger partial charge in [-0.05, 0) is 36.0 Å². The van der Waals surface area contributed by atoms with Gasteiger partial charge < -0.3 is 0 Å². The Labute approximate surface area is 88.1 Å². The van der Waals surface area contributed by atoms with E-state index in [0.717, 1.165) is 0 Å². The van der Waals surface area contributed by atoms with Crippen LogP contribution in [0.1, 0.15) is 37.5 Å². The Hall–Kier alpha value is -0.990. The van der Waals surface area contributed by atoms with Crippen LogP contribution in [-0.4, -0.2) is 0 Å². The summed E-state index contributed by atoms with van der Waals surface area (Å²) in [6, 6.07) is 0. The molecular weight excluding hydrogens is 201 g/mol. The Morgan fingerprint density at radius 1 is 0.600 bits per heavy atom. The second-order valence-corrected chi connectivity index (χ2v) is 3.44. The first-order valence-electron chi connectivity index (χ1n) is 5.25. The van der Waals surface area contributed by atoms with Crippen LogP contribution in [0.15, 0.2) is 0 Å². The molecule has 0 aliphatic heterocycles. The lowest BCUT2D eigenvalue weighted by atomic mass is 9.94. The second-order valence-electron chi connectivity index (χ2n) is 3.44. The number of hydrogen-bond acceptors (Lipinski definition) is 0. The third-order valence-corrected chi connectivity index (χ3v) is 2.70. The van der Waals surface area contributed by atoms with Crippen molar-refractivity contribution in [3.63, 3.8) is 0 Å². The van der Waals surface area contributed by atoms with Crippen LogP contribution in [0.2, 0.25) is 0 Å². The Morgan fingerprint density at radius 2 is 0.933 bits per heavy atom. The fraction of sp³-hybridized carbons (Fsp3) is 0.500. The lowest BCUT2D eigenvalue weighted by Gasteiger charge is -2.14. The number of halogens is 3. The van der Waals surface area contributed by atoms with E-state index in [1.54, 1.807) is 13.8 Å². The van der Waals surface area contributed by atoms with Gasteiger partial charge in [0.05, 0.1) is 0 Å². The van der Waals surface area contributed by atoms with Crippen molar-refractivity contribution in [1.29, 1.82) is 0 Å². The van der Waals surface area contributed by atoms with Crippen molar-refractivity contribution in [2.24, 2.45) is 0 Å². The van der Waals surface area contributed by atoms with Crippen molar-refractivity contribution >= 4 is 0 Å². The van der Waals surface area contributed by atoms with Gasteiger partial charge >= 0.3 is 0 Å². The van der Waals surface area contributed by atoms with Crippen molar-refractivity contribution in [2.45, 2.75) is 40.0 Å². The van der Waals surface area contributed by atoms with Crippen molar-refractivity contribution in [2.75, 3.05) is 0 Å². The van der Waals surface area contributed by atoms with E-state index in [4.69, 9.17) is 0 Å². The molecule has 0 spiro atoms. The minimum absolute atomic E-state index is 0.313. The molecule has 1 rings (SSSR count). The predicted molar refractivity (Wildman–Crippen MR) is 54.5 cm³/mol. The van der Waals surface area contributed by atoms with Gasteiger partial charge in [0.15, 0.2) is 17.5 Å². The molecule has 0 aliphatic rings. The van der Waals surface area contributed by atoms with Crippen LogP contribution in [-0.2, 0) is 19.3 Å². The summed E-state index contributed by atoms with van der Waals surface area (Å²) in [5.74, 6) is -3.38. The summed E-state index contributed by atoms with van der Waals surface area (Å²) < 4.78 is 40.0. The number of rotatable bonds is 3. The quantitative estimate of drug-likeness (QED) is 0.674. The van der Waals surface area contributed by atoms with Crippen LogP contribution < -0.4 is 0 Å². The second kappa shape index (κ2) is 4.69. The van der Waals surface area contributed by atoms with Gasteiger partial charge in [0, 0.05) is 0 Å². The van der Waals surface area contributed by atoms with Gasteiger partial charge in [-0.1, -0.05) is 20.8 Å². The van der Waals surface area contributed by atoms with Crippen LogP contribution >= 0.6 is 0 Å². The maximum absolute atomic E-state index is 13.4. The molecule has 84 valence electrons. The Morgan fingerprint density at radius 3 is 1.20 bits per heavy atom. The van der Waals surface area contributed by atoms with Gasteiger partial charge in [0.25, 0.3) is 0 Å².